The average molecular weight is 266 g/mol. The van der Waals surface area contributed by atoms with Crippen LogP contribution in [0.3, 0.4) is 0 Å². The molecule has 19 heavy (non-hydrogen) atoms. The van der Waals surface area contributed by atoms with Crippen LogP contribution in [-0.4, -0.2) is 18.3 Å². The number of ether oxygens (including phenoxy) is 2. The molecule has 0 spiro atoms. The van der Waals surface area contributed by atoms with E-state index in [1.165, 1.54) is 18.2 Å². The normalized spacial score (nSPS) is 10.2. The number of benzene rings is 2. The van der Waals surface area contributed by atoms with Crippen LogP contribution >= 0.6 is 0 Å². The SMILES string of the molecule is Oc1cccc(OCCOc2ccc(F)cc2F)c1. The molecule has 0 aliphatic rings. The maximum absolute atomic E-state index is 13.2. The minimum Gasteiger partial charge on any atom is -0.508 e. The van der Waals surface area contributed by atoms with Crippen LogP contribution < -0.4 is 9.47 Å². The monoisotopic (exact) mass is 266 g/mol. The van der Waals surface area contributed by atoms with Gasteiger partial charge in [0.15, 0.2) is 11.6 Å². The second kappa shape index (κ2) is 6.04. The number of halogens is 2. The van der Waals surface area contributed by atoms with Gasteiger partial charge in [-0.15, -0.1) is 0 Å². The van der Waals surface area contributed by atoms with Crippen LogP contribution in [0.2, 0.25) is 0 Å². The predicted molar refractivity (Wildman–Crippen MR) is 65.5 cm³/mol. The van der Waals surface area contributed by atoms with Crippen LogP contribution in [-0.2, 0) is 0 Å². The van der Waals surface area contributed by atoms with E-state index >= 15 is 0 Å². The van der Waals surface area contributed by atoms with Crippen molar-refractivity contribution < 1.29 is 23.4 Å². The van der Waals surface area contributed by atoms with Gasteiger partial charge in [0.25, 0.3) is 0 Å². The zero-order valence-electron chi connectivity index (χ0n) is 9.98. The molecule has 2 aromatic rings. The average Bonchev–Trinajstić information content (AvgIpc) is 2.37. The smallest absolute Gasteiger partial charge is 0.167 e. The van der Waals surface area contributed by atoms with Gasteiger partial charge in [-0.2, -0.15) is 0 Å². The molecule has 0 aliphatic carbocycles. The molecule has 2 rings (SSSR count). The fraction of sp³-hybridized carbons (Fsp3) is 0.143. The molecule has 0 aromatic heterocycles. The molecular weight excluding hydrogens is 254 g/mol. The first kappa shape index (κ1) is 13.1. The number of hydrogen-bond acceptors (Lipinski definition) is 3. The van der Waals surface area contributed by atoms with Crippen molar-refractivity contribution >= 4 is 0 Å². The van der Waals surface area contributed by atoms with E-state index in [9.17, 15) is 13.9 Å². The van der Waals surface area contributed by atoms with Crippen molar-refractivity contribution in [2.24, 2.45) is 0 Å². The number of aromatic hydroxyl groups is 1. The molecular formula is C14H12F2O3. The van der Waals surface area contributed by atoms with Crippen molar-refractivity contribution in [3.8, 4) is 17.2 Å². The second-order valence-electron chi connectivity index (χ2n) is 3.77. The molecule has 5 heteroatoms. The zero-order valence-corrected chi connectivity index (χ0v) is 9.98. The lowest BCUT2D eigenvalue weighted by molar-refractivity contribution is 0.211. The highest BCUT2D eigenvalue weighted by molar-refractivity contribution is 5.31. The fourth-order valence-electron chi connectivity index (χ4n) is 1.48. The lowest BCUT2D eigenvalue weighted by Gasteiger charge is -2.09. The Bertz CT molecular complexity index is 558. The molecule has 1 N–H and O–H groups in total. The molecule has 0 amide bonds. The maximum atomic E-state index is 13.2. The Morgan fingerprint density at radius 3 is 2.47 bits per heavy atom. The molecule has 0 unspecified atom stereocenters. The Morgan fingerprint density at radius 2 is 1.74 bits per heavy atom. The highest BCUT2D eigenvalue weighted by Gasteiger charge is 2.04. The fourth-order valence-corrected chi connectivity index (χ4v) is 1.48. The van der Waals surface area contributed by atoms with Gasteiger partial charge in [0.05, 0.1) is 0 Å². The molecule has 0 atom stereocenters. The molecule has 0 fully saturated rings. The van der Waals surface area contributed by atoms with Crippen molar-refractivity contribution in [1.29, 1.82) is 0 Å². The summed E-state index contributed by atoms with van der Waals surface area (Å²) in [5.74, 6) is -0.842. The number of phenolic OH excluding ortho intramolecular Hbond substituents is 1. The lowest BCUT2D eigenvalue weighted by Crippen LogP contribution is -2.09. The quantitative estimate of drug-likeness (QED) is 0.845. The Kier molecular flexibility index (Phi) is 4.18. The van der Waals surface area contributed by atoms with Gasteiger partial charge in [0, 0.05) is 12.1 Å². The molecule has 0 aliphatic heterocycles. The van der Waals surface area contributed by atoms with Gasteiger partial charge in [0.2, 0.25) is 0 Å². The van der Waals surface area contributed by atoms with Crippen molar-refractivity contribution in [2.75, 3.05) is 13.2 Å². The van der Waals surface area contributed by atoms with E-state index in [-0.39, 0.29) is 24.7 Å². The molecule has 0 saturated carbocycles. The van der Waals surface area contributed by atoms with Gasteiger partial charge >= 0.3 is 0 Å². The second-order valence-corrected chi connectivity index (χ2v) is 3.77. The molecule has 0 saturated heterocycles. The Balaban J connectivity index is 1.81. The third-order valence-electron chi connectivity index (χ3n) is 2.32. The molecule has 0 radical (unpaired) electrons. The Hall–Kier alpha value is -2.30. The van der Waals surface area contributed by atoms with Gasteiger partial charge in [-0.1, -0.05) is 6.07 Å². The van der Waals surface area contributed by atoms with E-state index in [0.717, 1.165) is 12.1 Å². The third kappa shape index (κ3) is 3.84. The topological polar surface area (TPSA) is 38.7 Å². The first-order chi connectivity index (χ1) is 9.15. The Labute approximate surface area is 109 Å². The summed E-state index contributed by atoms with van der Waals surface area (Å²) in [7, 11) is 0. The zero-order chi connectivity index (χ0) is 13.7. The van der Waals surface area contributed by atoms with E-state index in [0.29, 0.717) is 5.75 Å². The molecule has 3 nitrogen and oxygen atoms in total. The van der Waals surface area contributed by atoms with Crippen LogP contribution in [0.25, 0.3) is 0 Å². The third-order valence-corrected chi connectivity index (χ3v) is 2.32. The van der Waals surface area contributed by atoms with E-state index in [2.05, 4.69) is 0 Å². The molecule has 100 valence electrons. The van der Waals surface area contributed by atoms with E-state index < -0.39 is 11.6 Å². The minimum absolute atomic E-state index is 0.0269. The Morgan fingerprint density at radius 1 is 0.947 bits per heavy atom. The summed E-state index contributed by atoms with van der Waals surface area (Å²) in [4.78, 5) is 0. The number of phenols is 1. The van der Waals surface area contributed by atoms with Crippen LogP contribution in [0.5, 0.6) is 17.2 Å². The summed E-state index contributed by atoms with van der Waals surface area (Å²) < 4.78 is 36.3. The van der Waals surface area contributed by atoms with Crippen LogP contribution in [0.15, 0.2) is 42.5 Å². The van der Waals surface area contributed by atoms with E-state index in [1.54, 1.807) is 12.1 Å². The van der Waals surface area contributed by atoms with Gasteiger partial charge in [-0.3, -0.25) is 0 Å². The van der Waals surface area contributed by atoms with Crippen molar-refractivity contribution in [2.45, 2.75) is 0 Å². The molecule has 0 heterocycles. The molecule has 2 aromatic carbocycles. The summed E-state index contributed by atoms with van der Waals surface area (Å²) in [6, 6.07) is 9.40. The van der Waals surface area contributed by atoms with Crippen LogP contribution in [0.4, 0.5) is 8.78 Å². The van der Waals surface area contributed by atoms with Crippen molar-refractivity contribution in [3.63, 3.8) is 0 Å². The first-order valence-corrected chi connectivity index (χ1v) is 5.65. The largest absolute Gasteiger partial charge is 0.508 e. The highest BCUT2D eigenvalue weighted by atomic mass is 19.1. The summed E-state index contributed by atoms with van der Waals surface area (Å²) in [6.07, 6.45) is 0. The minimum atomic E-state index is -0.752. The van der Waals surface area contributed by atoms with Crippen molar-refractivity contribution in [1.82, 2.24) is 0 Å². The van der Waals surface area contributed by atoms with Gasteiger partial charge < -0.3 is 14.6 Å². The highest BCUT2D eigenvalue weighted by Crippen LogP contribution is 2.19. The van der Waals surface area contributed by atoms with Gasteiger partial charge in [-0.05, 0) is 24.3 Å². The maximum Gasteiger partial charge on any atom is 0.167 e. The summed E-state index contributed by atoms with van der Waals surface area (Å²) in [5, 5.41) is 9.21. The number of hydrogen-bond donors (Lipinski definition) is 1. The van der Waals surface area contributed by atoms with E-state index in [4.69, 9.17) is 9.47 Å². The molecule has 0 bridgehead atoms. The standard InChI is InChI=1S/C14H12F2O3/c15-10-4-5-14(13(16)8-10)19-7-6-18-12-3-1-2-11(17)9-12/h1-5,8-9,17H,6-7H2. The summed E-state index contributed by atoms with van der Waals surface area (Å²) in [6.45, 7) is 0.290. The van der Waals surface area contributed by atoms with Gasteiger partial charge in [-0.25, -0.2) is 8.78 Å². The van der Waals surface area contributed by atoms with Crippen LogP contribution in [0, 0.1) is 11.6 Å². The van der Waals surface area contributed by atoms with E-state index in [1.807, 2.05) is 0 Å². The lowest BCUT2D eigenvalue weighted by atomic mass is 10.3. The number of rotatable bonds is 5. The summed E-state index contributed by atoms with van der Waals surface area (Å²) >= 11 is 0. The van der Waals surface area contributed by atoms with Crippen molar-refractivity contribution in [3.05, 3.63) is 54.1 Å². The van der Waals surface area contributed by atoms with Gasteiger partial charge in [0.1, 0.15) is 30.5 Å². The summed E-state index contributed by atoms with van der Waals surface area (Å²) in [5.41, 5.74) is 0. The first-order valence-electron chi connectivity index (χ1n) is 5.65. The van der Waals surface area contributed by atoms with Crippen LogP contribution in [0.1, 0.15) is 0 Å². The predicted octanol–water partition coefficient (Wildman–Crippen LogP) is 3.13.